The highest BCUT2D eigenvalue weighted by Gasteiger charge is 2.32. The summed E-state index contributed by atoms with van der Waals surface area (Å²) < 4.78 is 13.8. The van der Waals surface area contributed by atoms with Crippen LogP contribution in [-0.2, 0) is 0 Å². The standard InChI is InChI=1S/C16H14BrClFN/c17-14-9-13(7-8-15(14)19)20-16(10-1-2-10)11-3-5-12(18)6-4-11/h3-10,16,20H,1-2H2. The van der Waals surface area contributed by atoms with Crippen LogP contribution in [0.5, 0.6) is 0 Å². The topological polar surface area (TPSA) is 12.0 Å². The van der Waals surface area contributed by atoms with Gasteiger partial charge >= 0.3 is 0 Å². The van der Waals surface area contributed by atoms with Gasteiger partial charge in [0.25, 0.3) is 0 Å². The highest BCUT2D eigenvalue weighted by atomic mass is 79.9. The van der Waals surface area contributed by atoms with E-state index in [-0.39, 0.29) is 11.9 Å². The molecule has 0 heterocycles. The zero-order chi connectivity index (χ0) is 14.1. The van der Waals surface area contributed by atoms with Crippen molar-refractivity contribution in [3.05, 3.63) is 63.3 Å². The van der Waals surface area contributed by atoms with Gasteiger partial charge in [0.15, 0.2) is 0 Å². The van der Waals surface area contributed by atoms with Gasteiger partial charge in [-0.2, -0.15) is 0 Å². The molecular formula is C16H14BrClFN. The molecule has 1 saturated carbocycles. The van der Waals surface area contributed by atoms with E-state index in [2.05, 4.69) is 33.4 Å². The zero-order valence-electron chi connectivity index (χ0n) is 10.7. The van der Waals surface area contributed by atoms with Crippen LogP contribution in [0.25, 0.3) is 0 Å². The molecule has 20 heavy (non-hydrogen) atoms. The molecular weight excluding hydrogens is 341 g/mol. The Bertz CT molecular complexity index is 610. The van der Waals surface area contributed by atoms with Crippen LogP contribution in [0.1, 0.15) is 24.4 Å². The maximum Gasteiger partial charge on any atom is 0.137 e. The zero-order valence-corrected chi connectivity index (χ0v) is 13.1. The van der Waals surface area contributed by atoms with E-state index in [0.717, 1.165) is 10.7 Å². The number of anilines is 1. The fraction of sp³-hybridized carbons (Fsp3) is 0.250. The third-order valence-corrected chi connectivity index (χ3v) is 4.42. The fourth-order valence-electron chi connectivity index (χ4n) is 2.34. The van der Waals surface area contributed by atoms with Crippen LogP contribution in [0.4, 0.5) is 10.1 Å². The molecule has 1 aliphatic carbocycles. The molecule has 1 atom stereocenters. The van der Waals surface area contributed by atoms with Crippen LogP contribution in [0, 0.1) is 11.7 Å². The largest absolute Gasteiger partial charge is 0.378 e. The van der Waals surface area contributed by atoms with Crippen LogP contribution in [-0.4, -0.2) is 0 Å². The third-order valence-electron chi connectivity index (χ3n) is 3.56. The minimum absolute atomic E-state index is 0.245. The Labute approximate surface area is 131 Å². The first kappa shape index (κ1) is 13.9. The minimum Gasteiger partial charge on any atom is -0.378 e. The van der Waals surface area contributed by atoms with E-state index in [9.17, 15) is 4.39 Å². The molecule has 0 bridgehead atoms. The van der Waals surface area contributed by atoms with Gasteiger partial charge in [0.05, 0.1) is 10.5 Å². The number of benzene rings is 2. The Balaban J connectivity index is 1.84. The van der Waals surface area contributed by atoms with Crippen LogP contribution < -0.4 is 5.32 Å². The first-order chi connectivity index (χ1) is 9.63. The van der Waals surface area contributed by atoms with Crippen LogP contribution >= 0.6 is 27.5 Å². The Morgan fingerprint density at radius 3 is 2.45 bits per heavy atom. The van der Waals surface area contributed by atoms with Crippen molar-refractivity contribution in [3.8, 4) is 0 Å². The maximum absolute atomic E-state index is 13.3. The van der Waals surface area contributed by atoms with Crippen molar-refractivity contribution >= 4 is 33.2 Å². The lowest BCUT2D eigenvalue weighted by Gasteiger charge is -2.20. The second-order valence-electron chi connectivity index (χ2n) is 5.14. The number of halogens is 3. The SMILES string of the molecule is Fc1ccc(NC(c2ccc(Cl)cc2)C2CC2)cc1Br. The van der Waals surface area contributed by atoms with E-state index in [4.69, 9.17) is 11.6 Å². The van der Waals surface area contributed by atoms with Crippen LogP contribution in [0.15, 0.2) is 46.9 Å². The molecule has 0 saturated heterocycles. The maximum atomic E-state index is 13.3. The monoisotopic (exact) mass is 353 g/mol. The van der Waals surface area contributed by atoms with E-state index in [1.807, 2.05) is 12.1 Å². The van der Waals surface area contributed by atoms with Gasteiger partial charge in [-0.15, -0.1) is 0 Å². The molecule has 1 fully saturated rings. The van der Waals surface area contributed by atoms with Crippen molar-refractivity contribution in [1.29, 1.82) is 0 Å². The van der Waals surface area contributed by atoms with Gasteiger partial charge in [-0.1, -0.05) is 23.7 Å². The molecule has 0 radical (unpaired) electrons. The summed E-state index contributed by atoms with van der Waals surface area (Å²) >= 11 is 9.16. The quantitative estimate of drug-likeness (QED) is 0.731. The van der Waals surface area contributed by atoms with E-state index in [1.54, 1.807) is 12.1 Å². The average molecular weight is 355 g/mol. The molecule has 0 aliphatic heterocycles. The summed E-state index contributed by atoms with van der Waals surface area (Å²) in [5.41, 5.74) is 2.14. The summed E-state index contributed by atoms with van der Waals surface area (Å²) in [7, 11) is 0. The van der Waals surface area contributed by atoms with Crippen LogP contribution in [0.3, 0.4) is 0 Å². The van der Waals surface area contributed by atoms with Crippen LogP contribution in [0.2, 0.25) is 5.02 Å². The molecule has 2 aromatic rings. The first-order valence-electron chi connectivity index (χ1n) is 6.60. The van der Waals surface area contributed by atoms with E-state index >= 15 is 0 Å². The van der Waals surface area contributed by atoms with E-state index in [0.29, 0.717) is 10.4 Å². The lowest BCUT2D eigenvalue weighted by Crippen LogP contribution is -2.12. The number of hydrogen-bond donors (Lipinski definition) is 1. The molecule has 1 N–H and O–H groups in total. The predicted molar refractivity (Wildman–Crippen MR) is 84.6 cm³/mol. The lowest BCUT2D eigenvalue weighted by atomic mass is 10.0. The second kappa shape index (κ2) is 5.74. The molecule has 4 heteroatoms. The summed E-state index contributed by atoms with van der Waals surface area (Å²) in [6.07, 6.45) is 2.45. The van der Waals surface area contributed by atoms with Gasteiger partial charge in [-0.05, 0) is 70.6 Å². The molecule has 0 amide bonds. The number of rotatable bonds is 4. The fourth-order valence-corrected chi connectivity index (χ4v) is 2.84. The van der Waals surface area contributed by atoms with Crippen molar-refractivity contribution in [3.63, 3.8) is 0 Å². The van der Waals surface area contributed by atoms with Gasteiger partial charge in [0.1, 0.15) is 5.82 Å². The van der Waals surface area contributed by atoms with Gasteiger partial charge < -0.3 is 5.32 Å². The molecule has 0 aromatic heterocycles. The summed E-state index contributed by atoms with van der Waals surface area (Å²) in [5, 5.41) is 4.25. The molecule has 1 nitrogen and oxygen atoms in total. The second-order valence-corrected chi connectivity index (χ2v) is 6.43. The number of nitrogens with one attached hydrogen (secondary N) is 1. The van der Waals surface area contributed by atoms with Gasteiger partial charge in [-0.25, -0.2) is 4.39 Å². The third kappa shape index (κ3) is 3.15. The first-order valence-corrected chi connectivity index (χ1v) is 7.77. The molecule has 2 aromatic carbocycles. The smallest absolute Gasteiger partial charge is 0.137 e. The number of hydrogen-bond acceptors (Lipinski definition) is 1. The molecule has 0 spiro atoms. The summed E-state index contributed by atoms with van der Waals surface area (Å²) in [4.78, 5) is 0. The highest BCUT2D eigenvalue weighted by Crippen LogP contribution is 2.43. The van der Waals surface area contributed by atoms with Gasteiger partial charge in [0, 0.05) is 10.7 Å². The van der Waals surface area contributed by atoms with Crippen molar-refractivity contribution in [1.82, 2.24) is 0 Å². The van der Waals surface area contributed by atoms with Gasteiger partial charge in [-0.3, -0.25) is 0 Å². The Morgan fingerprint density at radius 1 is 1.15 bits per heavy atom. The Hall–Kier alpha value is -1.06. The molecule has 3 rings (SSSR count). The van der Waals surface area contributed by atoms with Crippen molar-refractivity contribution < 1.29 is 4.39 Å². The lowest BCUT2D eigenvalue weighted by molar-refractivity contribution is 0.620. The molecule has 104 valence electrons. The highest BCUT2D eigenvalue weighted by molar-refractivity contribution is 9.10. The molecule has 1 unspecified atom stereocenters. The summed E-state index contributed by atoms with van der Waals surface area (Å²) in [5.74, 6) is 0.394. The minimum atomic E-state index is -0.245. The summed E-state index contributed by atoms with van der Waals surface area (Å²) in [6.45, 7) is 0. The average Bonchev–Trinajstić information content (AvgIpc) is 3.26. The molecule has 1 aliphatic rings. The van der Waals surface area contributed by atoms with Gasteiger partial charge in [0.2, 0.25) is 0 Å². The Kier molecular flexibility index (Phi) is 3.99. The predicted octanol–water partition coefficient (Wildman–Crippen LogP) is 5.80. The summed E-state index contributed by atoms with van der Waals surface area (Å²) in [6, 6.07) is 13.2. The van der Waals surface area contributed by atoms with E-state index in [1.165, 1.54) is 24.5 Å². The van der Waals surface area contributed by atoms with Crippen molar-refractivity contribution in [2.75, 3.05) is 5.32 Å². The van der Waals surface area contributed by atoms with Crippen molar-refractivity contribution in [2.24, 2.45) is 5.92 Å². The normalized spacial score (nSPS) is 15.9. The van der Waals surface area contributed by atoms with E-state index < -0.39 is 0 Å². The van der Waals surface area contributed by atoms with Crippen molar-refractivity contribution in [2.45, 2.75) is 18.9 Å². The Morgan fingerprint density at radius 2 is 1.85 bits per heavy atom.